The number of nitrogens with zero attached hydrogens (tertiary/aromatic N) is 2. The molecule has 0 unspecified atom stereocenters. The first-order valence-corrected chi connectivity index (χ1v) is 5.98. The normalized spacial score (nSPS) is 30.2. The third-order valence-electron chi connectivity index (χ3n) is 2.95. The molecule has 0 aromatic carbocycles. The Morgan fingerprint density at radius 3 is 2.67 bits per heavy atom. The van der Waals surface area contributed by atoms with Crippen molar-refractivity contribution in [1.82, 2.24) is 9.97 Å². The Morgan fingerprint density at radius 1 is 1.33 bits per heavy atom. The highest BCUT2D eigenvalue weighted by molar-refractivity contribution is 5.09. The molecule has 1 saturated heterocycles. The van der Waals surface area contributed by atoms with Crippen LogP contribution in [-0.2, 0) is 10.9 Å². The summed E-state index contributed by atoms with van der Waals surface area (Å²) in [5.41, 5.74) is -1.19. The third kappa shape index (κ3) is 3.59. The van der Waals surface area contributed by atoms with Crippen LogP contribution in [0.3, 0.4) is 0 Å². The second kappa shape index (κ2) is 6.10. The van der Waals surface area contributed by atoms with Crippen LogP contribution in [0.2, 0.25) is 0 Å². The van der Waals surface area contributed by atoms with E-state index in [9.17, 15) is 23.4 Å². The molecule has 21 heavy (non-hydrogen) atoms. The van der Waals surface area contributed by atoms with Crippen molar-refractivity contribution in [2.75, 3.05) is 13.2 Å². The molecule has 4 atom stereocenters. The van der Waals surface area contributed by atoms with Gasteiger partial charge in [-0.3, -0.25) is 0 Å². The first kappa shape index (κ1) is 15.9. The van der Waals surface area contributed by atoms with Gasteiger partial charge < -0.3 is 24.8 Å². The van der Waals surface area contributed by atoms with Crippen molar-refractivity contribution >= 4 is 0 Å². The Morgan fingerprint density at radius 2 is 2.05 bits per heavy atom. The van der Waals surface area contributed by atoms with Gasteiger partial charge in [0.25, 0.3) is 0 Å². The second-order valence-corrected chi connectivity index (χ2v) is 4.41. The maximum atomic E-state index is 12.5. The van der Waals surface area contributed by atoms with Crippen LogP contribution < -0.4 is 4.74 Å². The first-order chi connectivity index (χ1) is 9.82. The molecule has 1 fully saturated rings. The van der Waals surface area contributed by atoms with Gasteiger partial charge in [-0.05, 0) is 6.07 Å². The van der Waals surface area contributed by atoms with E-state index in [2.05, 4.69) is 9.97 Å². The molecule has 118 valence electrons. The van der Waals surface area contributed by atoms with E-state index in [1.807, 2.05) is 0 Å². The highest BCUT2D eigenvalue weighted by Gasteiger charge is 2.40. The van der Waals surface area contributed by atoms with Gasteiger partial charge in [0.05, 0.1) is 13.2 Å². The van der Waals surface area contributed by atoms with E-state index in [1.165, 1.54) is 0 Å². The number of rotatable bonds is 3. The SMILES string of the molecule is OC[C@H]1OC[C@H](Oc2nccc(C(F)(F)F)n2)[C@@H](O)[C@H]1O. The van der Waals surface area contributed by atoms with Crippen LogP contribution in [0, 0.1) is 0 Å². The predicted molar refractivity (Wildman–Crippen MR) is 60.3 cm³/mol. The van der Waals surface area contributed by atoms with Crippen LogP contribution in [0.25, 0.3) is 0 Å². The molecule has 1 aromatic rings. The molecule has 2 heterocycles. The van der Waals surface area contributed by atoms with E-state index in [1.54, 1.807) is 0 Å². The van der Waals surface area contributed by atoms with Gasteiger partial charge in [0.1, 0.15) is 18.3 Å². The van der Waals surface area contributed by atoms with Crippen LogP contribution in [0.15, 0.2) is 12.3 Å². The van der Waals surface area contributed by atoms with Crippen molar-refractivity contribution in [3.05, 3.63) is 18.0 Å². The molecule has 0 radical (unpaired) electrons. The molecule has 7 nitrogen and oxygen atoms in total. The number of halogens is 3. The predicted octanol–water partition coefficient (Wildman–Crippen LogP) is -0.644. The van der Waals surface area contributed by atoms with Crippen molar-refractivity contribution in [3.8, 4) is 6.01 Å². The molecule has 0 bridgehead atoms. The van der Waals surface area contributed by atoms with Gasteiger partial charge in [0.15, 0.2) is 11.8 Å². The van der Waals surface area contributed by atoms with E-state index in [-0.39, 0.29) is 6.61 Å². The van der Waals surface area contributed by atoms with Gasteiger partial charge >= 0.3 is 12.2 Å². The number of aromatic nitrogens is 2. The minimum absolute atomic E-state index is 0.233. The van der Waals surface area contributed by atoms with E-state index in [0.717, 1.165) is 6.20 Å². The molecular formula is C11H13F3N2O5. The maximum absolute atomic E-state index is 12.5. The number of alkyl halides is 3. The number of aliphatic hydroxyl groups excluding tert-OH is 3. The summed E-state index contributed by atoms with van der Waals surface area (Å²) in [4.78, 5) is 6.70. The van der Waals surface area contributed by atoms with E-state index in [4.69, 9.17) is 14.6 Å². The molecule has 3 N–H and O–H groups in total. The van der Waals surface area contributed by atoms with Gasteiger partial charge in [-0.25, -0.2) is 4.98 Å². The molecule has 2 rings (SSSR count). The van der Waals surface area contributed by atoms with Gasteiger partial charge in [0, 0.05) is 6.20 Å². The molecule has 0 saturated carbocycles. The average molecular weight is 310 g/mol. The van der Waals surface area contributed by atoms with Crippen LogP contribution in [-0.4, -0.2) is 62.9 Å². The number of ether oxygens (including phenoxy) is 2. The minimum Gasteiger partial charge on any atom is -0.455 e. The van der Waals surface area contributed by atoms with E-state index in [0.29, 0.717) is 6.07 Å². The van der Waals surface area contributed by atoms with Crippen LogP contribution >= 0.6 is 0 Å². The molecule has 10 heteroatoms. The Kier molecular flexibility index (Phi) is 4.61. The van der Waals surface area contributed by atoms with Crippen LogP contribution in [0.4, 0.5) is 13.2 Å². The molecule has 1 aliphatic rings. The van der Waals surface area contributed by atoms with Crippen molar-refractivity contribution < 1.29 is 38.0 Å². The lowest BCUT2D eigenvalue weighted by Crippen LogP contribution is -2.56. The summed E-state index contributed by atoms with van der Waals surface area (Å²) in [5.74, 6) is 0. The Balaban J connectivity index is 2.08. The zero-order valence-corrected chi connectivity index (χ0v) is 10.6. The quantitative estimate of drug-likeness (QED) is 0.682. The highest BCUT2D eigenvalue weighted by atomic mass is 19.4. The van der Waals surface area contributed by atoms with Gasteiger partial charge in [0.2, 0.25) is 0 Å². The summed E-state index contributed by atoms with van der Waals surface area (Å²) in [6, 6.07) is 0.0872. The molecule has 0 amide bonds. The van der Waals surface area contributed by atoms with Gasteiger partial charge in [-0.1, -0.05) is 0 Å². The summed E-state index contributed by atoms with van der Waals surface area (Å²) in [6.07, 6.45) is -8.79. The van der Waals surface area contributed by atoms with E-state index < -0.39 is 48.9 Å². The summed E-state index contributed by atoms with van der Waals surface area (Å²) in [5, 5.41) is 28.3. The van der Waals surface area contributed by atoms with Gasteiger partial charge in [-0.2, -0.15) is 18.2 Å². The maximum Gasteiger partial charge on any atom is 0.433 e. The summed E-state index contributed by atoms with van der Waals surface area (Å²) < 4.78 is 47.5. The lowest BCUT2D eigenvalue weighted by Gasteiger charge is -2.36. The molecular weight excluding hydrogens is 297 g/mol. The number of hydrogen-bond donors (Lipinski definition) is 3. The van der Waals surface area contributed by atoms with Crippen LogP contribution in [0.5, 0.6) is 6.01 Å². The third-order valence-corrected chi connectivity index (χ3v) is 2.95. The molecule has 0 spiro atoms. The van der Waals surface area contributed by atoms with E-state index >= 15 is 0 Å². The molecule has 1 aromatic heterocycles. The Labute approximate surface area is 117 Å². The van der Waals surface area contributed by atoms with Crippen molar-refractivity contribution in [3.63, 3.8) is 0 Å². The summed E-state index contributed by atoms with van der Waals surface area (Å²) in [6.45, 7) is -0.742. The fourth-order valence-corrected chi connectivity index (χ4v) is 1.81. The van der Waals surface area contributed by atoms with Crippen molar-refractivity contribution in [2.24, 2.45) is 0 Å². The Bertz CT molecular complexity index is 487. The summed E-state index contributed by atoms with van der Waals surface area (Å²) in [7, 11) is 0. The first-order valence-electron chi connectivity index (χ1n) is 5.98. The topological polar surface area (TPSA) is 105 Å². The molecule has 0 aliphatic carbocycles. The fourth-order valence-electron chi connectivity index (χ4n) is 1.81. The zero-order chi connectivity index (χ0) is 15.6. The largest absolute Gasteiger partial charge is 0.455 e. The lowest BCUT2D eigenvalue weighted by molar-refractivity contribution is -0.190. The standard InChI is InChI=1S/C11H13F3N2O5/c12-11(13,14)7-1-2-15-10(16-7)21-6-4-20-5(3-17)8(18)9(6)19/h1-2,5-6,8-9,17-19H,3-4H2/t5-,6+,8+,9-/m1/s1. The lowest BCUT2D eigenvalue weighted by atomic mass is 10.0. The zero-order valence-electron chi connectivity index (χ0n) is 10.6. The average Bonchev–Trinajstić information content (AvgIpc) is 2.44. The summed E-state index contributed by atoms with van der Waals surface area (Å²) >= 11 is 0. The minimum atomic E-state index is -4.65. The van der Waals surface area contributed by atoms with Gasteiger partial charge in [-0.15, -0.1) is 0 Å². The second-order valence-electron chi connectivity index (χ2n) is 4.41. The van der Waals surface area contributed by atoms with Crippen LogP contribution in [0.1, 0.15) is 5.69 Å². The monoisotopic (exact) mass is 310 g/mol. The molecule has 1 aliphatic heterocycles. The smallest absolute Gasteiger partial charge is 0.433 e. The Hall–Kier alpha value is -1.49. The van der Waals surface area contributed by atoms with Crippen molar-refractivity contribution in [1.29, 1.82) is 0 Å². The fraction of sp³-hybridized carbons (Fsp3) is 0.636. The highest BCUT2D eigenvalue weighted by Crippen LogP contribution is 2.28. The number of aliphatic hydroxyl groups is 3. The number of hydrogen-bond acceptors (Lipinski definition) is 7. The van der Waals surface area contributed by atoms with Crippen molar-refractivity contribution in [2.45, 2.75) is 30.6 Å².